The van der Waals surface area contributed by atoms with E-state index in [1.54, 1.807) is 0 Å². The van der Waals surface area contributed by atoms with Crippen LogP contribution in [0.25, 0.3) is 0 Å². The summed E-state index contributed by atoms with van der Waals surface area (Å²) in [6.45, 7) is 2.40. The summed E-state index contributed by atoms with van der Waals surface area (Å²) in [5.74, 6) is -0.460. The zero-order valence-electron chi connectivity index (χ0n) is 14.4. The summed E-state index contributed by atoms with van der Waals surface area (Å²) in [6, 6.07) is 0. The molecule has 13 heteroatoms. The molecule has 148 valence electrons. The molecule has 3 N–H and O–H groups in total. The largest absolute Gasteiger partial charge is 0.858 e. The van der Waals surface area contributed by atoms with Gasteiger partial charge in [0.1, 0.15) is 24.1 Å². The molecule has 1 unspecified atom stereocenters. The number of rotatable bonds is 5. The number of aryl methyl sites for hydroxylation is 2. The Hall–Kier alpha value is -2.08. The van der Waals surface area contributed by atoms with Crippen molar-refractivity contribution in [1.29, 1.82) is 0 Å². The van der Waals surface area contributed by atoms with Crippen molar-refractivity contribution in [3.8, 4) is 5.88 Å². The van der Waals surface area contributed by atoms with Crippen LogP contribution in [0.15, 0.2) is 23.4 Å². The van der Waals surface area contributed by atoms with Crippen molar-refractivity contribution in [3.05, 3.63) is 40.5 Å². The summed E-state index contributed by atoms with van der Waals surface area (Å²) < 4.78 is 24.5. The second kappa shape index (κ2) is 7.15. The number of nitrogens with zero attached hydrogens (tertiary/aromatic N) is 4. The highest BCUT2D eigenvalue weighted by molar-refractivity contribution is 7.51. The molecule has 12 nitrogen and oxygen atoms in total. The van der Waals surface area contributed by atoms with E-state index in [-0.39, 0.29) is 11.4 Å². The van der Waals surface area contributed by atoms with Crippen LogP contribution in [0.5, 0.6) is 5.88 Å². The van der Waals surface area contributed by atoms with Crippen molar-refractivity contribution in [1.82, 2.24) is 18.9 Å². The fourth-order valence-corrected chi connectivity index (χ4v) is 3.81. The first-order valence-electron chi connectivity index (χ1n) is 7.88. The zero-order chi connectivity index (χ0) is 19.9. The molecule has 0 aromatic carbocycles. The third-order valence-corrected chi connectivity index (χ3v) is 5.63. The summed E-state index contributed by atoms with van der Waals surface area (Å²) in [6.07, 6.45) is -1.83. The lowest BCUT2D eigenvalue weighted by atomic mass is 10.1. The van der Waals surface area contributed by atoms with Crippen LogP contribution in [0.4, 0.5) is 0 Å². The predicted octanol–water partition coefficient (Wildman–Crippen LogP) is -1.59. The van der Waals surface area contributed by atoms with Crippen molar-refractivity contribution in [2.45, 2.75) is 38.4 Å². The molecule has 1 saturated heterocycles. The molecule has 0 saturated carbocycles. The van der Waals surface area contributed by atoms with Gasteiger partial charge >= 0.3 is 13.4 Å². The Kier molecular flexibility index (Phi) is 5.21. The smallest absolute Gasteiger partial charge is 0.437 e. The minimum atomic E-state index is -4.29. The number of aromatic nitrogens is 4. The molecule has 0 radical (unpaired) electrons. The Morgan fingerprint density at radius 3 is 2.70 bits per heavy atom. The fourth-order valence-electron chi connectivity index (χ4n) is 2.70. The molecule has 3 heterocycles. The molecule has 3 rings (SSSR count). The van der Waals surface area contributed by atoms with Crippen LogP contribution in [0.2, 0.25) is 0 Å². The summed E-state index contributed by atoms with van der Waals surface area (Å²) in [7, 11) is -4.29. The van der Waals surface area contributed by atoms with Crippen molar-refractivity contribution in [3.63, 3.8) is 0 Å². The molecule has 5 atom stereocenters. The quantitative estimate of drug-likeness (QED) is 0.496. The third-order valence-electron chi connectivity index (χ3n) is 4.18. The van der Waals surface area contributed by atoms with Crippen LogP contribution in [-0.4, -0.2) is 58.9 Å². The molecule has 0 spiro atoms. The monoisotopic (exact) mass is 401 g/mol. The van der Waals surface area contributed by atoms with Crippen LogP contribution >= 0.6 is 7.75 Å². The minimum Gasteiger partial charge on any atom is -0.858 e. The predicted molar refractivity (Wildman–Crippen MR) is 86.7 cm³/mol. The van der Waals surface area contributed by atoms with Crippen LogP contribution in [-0.2, 0) is 13.8 Å². The summed E-state index contributed by atoms with van der Waals surface area (Å²) in [5.41, 5.74) is -0.805. The number of ether oxygens (including phenoxy) is 1. The standard InChI is InChI=1S/C14H19N4O8P/c1-7-5-17(14(22)16-12(7)21)13-11(20)10(19)9(26-13)6-25-27(23,24)18-4-3-15-8(18)2/h3-5,9-11,13,19-20H,6H2,1-2H3,(H,23,24)(H,16,21,22)/p-1/t9-,10-,11-,13-/m1/s1. The molecular weight excluding hydrogens is 383 g/mol. The van der Waals surface area contributed by atoms with Gasteiger partial charge in [0.15, 0.2) is 6.23 Å². The average molecular weight is 401 g/mol. The highest BCUT2D eigenvalue weighted by Crippen LogP contribution is 2.45. The fraction of sp³-hybridized carbons (Fsp3) is 0.500. The molecule has 0 bridgehead atoms. The van der Waals surface area contributed by atoms with Crippen LogP contribution in [0, 0.1) is 13.8 Å². The molecule has 1 aliphatic rings. The number of hydrogen-bond donors (Lipinski definition) is 3. The Balaban J connectivity index is 1.76. The maximum Gasteiger partial charge on any atom is 0.437 e. The van der Waals surface area contributed by atoms with Gasteiger partial charge in [0.25, 0.3) is 0 Å². The maximum atomic E-state index is 12.3. The normalized spacial score (nSPS) is 27.6. The van der Waals surface area contributed by atoms with Crippen molar-refractivity contribution in [2.24, 2.45) is 0 Å². The van der Waals surface area contributed by atoms with Gasteiger partial charge in [-0.15, -0.1) is 0 Å². The molecule has 27 heavy (non-hydrogen) atoms. The van der Waals surface area contributed by atoms with Crippen LogP contribution < -0.4 is 10.8 Å². The van der Waals surface area contributed by atoms with Gasteiger partial charge < -0.3 is 24.9 Å². The number of aliphatic hydroxyl groups is 2. The second-order valence-corrected chi connectivity index (χ2v) is 7.74. The van der Waals surface area contributed by atoms with Gasteiger partial charge in [-0.2, -0.15) is 0 Å². The first-order valence-corrected chi connectivity index (χ1v) is 9.41. The summed E-state index contributed by atoms with van der Waals surface area (Å²) in [5, 5.41) is 31.7. The van der Waals surface area contributed by atoms with E-state index >= 15 is 0 Å². The number of aliphatic hydroxyl groups excluding tert-OH is 2. The molecule has 0 amide bonds. The topological polar surface area (TPSA) is 172 Å². The SMILES string of the molecule is Cc1cn([C@@H]2O[C@H](COP(=O)(O)n3ccnc3C)[C@@H](O)[C@H]2O)c(=O)nc1[O-]. The van der Waals surface area contributed by atoms with E-state index in [0.29, 0.717) is 0 Å². The van der Waals surface area contributed by atoms with Crippen molar-refractivity contribution >= 4 is 7.75 Å². The first-order chi connectivity index (χ1) is 12.6. The van der Waals surface area contributed by atoms with Gasteiger partial charge in [0, 0.05) is 18.6 Å². The maximum absolute atomic E-state index is 12.3. The van der Waals surface area contributed by atoms with E-state index < -0.39 is 50.5 Å². The molecule has 1 aliphatic heterocycles. The molecule has 2 aromatic heterocycles. The van der Waals surface area contributed by atoms with Gasteiger partial charge in [0.05, 0.1) is 6.61 Å². The minimum absolute atomic E-state index is 0.148. The zero-order valence-corrected chi connectivity index (χ0v) is 15.3. The van der Waals surface area contributed by atoms with E-state index in [0.717, 1.165) is 15.1 Å². The molecular formula is C14H18N4O8P-. The first kappa shape index (κ1) is 19.7. The Morgan fingerprint density at radius 1 is 1.37 bits per heavy atom. The van der Waals surface area contributed by atoms with Crippen molar-refractivity contribution in [2.75, 3.05) is 6.61 Å². The van der Waals surface area contributed by atoms with E-state index in [4.69, 9.17) is 9.26 Å². The Labute approximate surface area is 152 Å². The van der Waals surface area contributed by atoms with Gasteiger partial charge in [-0.3, -0.25) is 9.09 Å². The highest BCUT2D eigenvalue weighted by atomic mass is 31.2. The lowest BCUT2D eigenvalue weighted by Gasteiger charge is -2.20. The van der Waals surface area contributed by atoms with Gasteiger partial charge in [0.2, 0.25) is 0 Å². The van der Waals surface area contributed by atoms with Crippen molar-refractivity contribution < 1.29 is 34.0 Å². The van der Waals surface area contributed by atoms with Gasteiger partial charge in [-0.05, 0) is 25.3 Å². The second-order valence-electron chi connectivity index (χ2n) is 6.07. The molecule has 2 aromatic rings. The third kappa shape index (κ3) is 3.68. The molecule has 1 fully saturated rings. The van der Waals surface area contributed by atoms with E-state index in [1.807, 2.05) is 0 Å². The summed E-state index contributed by atoms with van der Waals surface area (Å²) >= 11 is 0. The van der Waals surface area contributed by atoms with E-state index in [1.165, 1.54) is 26.2 Å². The average Bonchev–Trinajstić information content (AvgIpc) is 3.15. The van der Waals surface area contributed by atoms with E-state index in [9.17, 15) is 29.6 Å². The van der Waals surface area contributed by atoms with Gasteiger partial charge in [-0.1, -0.05) is 0 Å². The van der Waals surface area contributed by atoms with Crippen LogP contribution in [0.1, 0.15) is 17.6 Å². The lowest BCUT2D eigenvalue weighted by molar-refractivity contribution is -0.276. The Bertz CT molecular complexity index is 943. The van der Waals surface area contributed by atoms with Crippen LogP contribution in [0.3, 0.4) is 0 Å². The highest BCUT2D eigenvalue weighted by Gasteiger charge is 2.45. The number of hydrogen-bond acceptors (Lipinski definition) is 9. The summed E-state index contributed by atoms with van der Waals surface area (Å²) in [4.78, 5) is 29.0. The van der Waals surface area contributed by atoms with E-state index in [2.05, 4.69) is 9.97 Å². The Morgan fingerprint density at radius 2 is 2.07 bits per heavy atom. The lowest BCUT2D eigenvalue weighted by Crippen LogP contribution is -2.36. The van der Waals surface area contributed by atoms with Gasteiger partial charge in [-0.25, -0.2) is 23.7 Å². The number of imidazole rings is 1. The molecule has 0 aliphatic carbocycles.